The molecule has 0 spiro atoms. The summed E-state index contributed by atoms with van der Waals surface area (Å²) in [5.74, 6) is 0.208. The minimum atomic E-state index is -0.360. The van der Waals surface area contributed by atoms with Gasteiger partial charge in [0.15, 0.2) is 0 Å². The maximum absolute atomic E-state index is 12.7. The van der Waals surface area contributed by atoms with Crippen LogP contribution in [-0.2, 0) is 20.9 Å². The molecule has 0 saturated carbocycles. The molecule has 1 aromatic carbocycles. The van der Waals surface area contributed by atoms with Crippen LogP contribution in [0.2, 0.25) is 0 Å². The summed E-state index contributed by atoms with van der Waals surface area (Å²) in [6.45, 7) is 4.64. The average Bonchev–Trinajstić information content (AvgIpc) is 3.03. The van der Waals surface area contributed by atoms with Gasteiger partial charge in [-0.1, -0.05) is 30.3 Å². The van der Waals surface area contributed by atoms with E-state index in [9.17, 15) is 4.79 Å². The van der Waals surface area contributed by atoms with Gasteiger partial charge < -0.3 is 14.4 Å². The van der Waals surface area contributed by atoms with Crippen LogP contribution >= 0.6 is 0 Å². The summed E-state index contributed by atoms with van der Waals surface area (Å²) in [5, 5.41) is 0. The highest BCUT2D eigenvalue weighted by Crippen LogP contribution is 2.42. The number of carbonyl (C=O) groups is 1. The van der Waals surface area contributed by atoms with Crippen LogP contribution in [0.3, 0.4) is 0 Å². The number of benzene rings is 1. The smallest absolute Gasteiger partial charge is 0.232 e. The molecule has 2 heterocycles. The van der Waals surface area contributed by atoms with E-state index in [-0.39, 0.29) is 17.4 Å². The van der Waals surface area contributed by atoms with E-state index in [4.69, 9.17) is 9.47 Å². The lowest BCUT2D eigenvalue weighted by Gasteiger charge is -2.43. The Morgan fingerprint density at radius 1 is 1.38 bits per heavy atom. The first-order valence-corrected chi connectivity index (χ1v) is 8.79. The summed E-state index contributed by atoms with van der Waals surface area (Å²) in [4.78, 5) is 16.8. The maximum Gasteiger partial charge on any atom is 0.232 e. The quantitative estimate of drug-likeness (QED) is 0.745. The number of amides is 1. The summed E-state index contributed by atoms with van der Waals surface area (Å²) < 4.78 is 11.7. The first-order chi connectivity index (χ1) is 11.6. The molecule has 5 nitrogen and oxygen atoms in total. The molecular formula is C19H28N2O3. The lowest BCUT2D eigenvalue weighted by molar-refractivity contribution is -0.148. The average molecular weight is 332 g/mol. The SMILES string of the molecule is CN(C)C(=O)[C@@]12CCO[C@@H]1CCN(CCOCc1ccccc1)C2. The standard InChI is InChI=1S/C19H28N2O3/c1-20(2)18(22)19-9-12-24-17(19)8-10-21(15-19)11-13-23-14-16-6-4-3-5-7-16/h3-7,17H,8-15H2,1-2H3/t17-,19-/m1/s1. The molecule has 0 bridgehead atoms. The van der Waals surface area contributed by atoms with Crippen LogP contribution in [-0.4, -0.2) is 68.8 Å². The fourth-order valence-electron chi connectivity index (χ4n) is 3.93. The number of fused-ring (bicyclic) bond motifs is 1. The minimum Gasteiger partial charge on any atom is -0.377 e. The van der Waals surface area contributed by atoms with Crippen molar-refractivity contribution in [2.24, 2.45) is 5.41 Å². The zero-order valence-corrected chi connectivity index (χ0v) is 14.7. The highest BCUT2D eigenvalue weighted by atomic mass is 16.5. The third-order valence-electron chi connectivity index (χ3n) is 5.19. The Balaban J connectivity index is 1.51. The number of nitrogens with zero attached hydrogens (tertiary/aromatic N) is 2. The molecule has 1 aromatic rings. The Bertz CT molecular complexity index is 549. The molecule has 2 atom stereocenters. The zero-order chi connectivity index (χ0) is 17.0. The van der Waals surface area contributed by atoms with Crippen molar-refractivity contribution in [3.05, 3.63) is 35.9 Å². The molecule has 2 aliphatic heterocycles. The van der Waals surface area contributed by atoms with E-state index in [0.717, 1.165) is 32.5 Å². The van der Waals surface area contributed by atoms with Crippen LogP contribution in [0.15, 0.2) is 30.3 Å². The van der Waals surface area contributed by atoms with Crippen molar-refractivity contribution in [2.75, 3.05) is 46.9 Å². The number of piperidine rings is 1. The topological polar surface area (TPSA) is 42.0 Å². The fourth-order valence-corrected chi connectivity index (χ4v) is 3.93. The Morgan fingerprint density at radius 2 is 2.17 bits per heavy atom. The number of likely N-dealkylation sites (tertiary alicyclic amines) is 1. The third kappa shape index (κ3) is 3.63. The molecule has 24 heavy (non-hydrogen) atoms. The monoisotopic (exact) mass is 332 g/mol. The summed E-state index contributed by atoms with van der Waals surface area (Å²) in [7, 11) is 3.68. The van der Waals surface area contributed by atoms with E-state index in [1.54, 1.807) is 4.90 Å². The normalized spacial score (nSPS) is 27.0. The summed E-state index contributed by atoms with van der Waals surface area (Å²) in [6, 6.07) is 10.2. The van der Waals surface area contributed by atoms with Crippen LogP contribution in [0.25, 0.3) is 0 Å². The second kappa shape index (κ2) is 7.64. The Labute approximate surface area is 144 Å². The van der Waals surface area contributed by atoms with Crippen molar-refractivity contribution >= 4 is 5.91 Å². The summed E-state index contributed by atoms with van der Waals surface area (Å²) >= 11 is 0. The molecule has 2 saturated heterocycles. The summed E-state index contributed by atoms with van der Waals surface area (Å²) in [6.07, 6.45) is 1.84. The lowest BCUT2D eigenvalue weighted by Crippen LogP contribution is -2.57. The van der Waals surface area contributed by atoms with Gasteiger partial charge in [0.05, 0.1) is 24.7 Å². The van der Waals surface area contributed by atoms with Crippen molar-refractivity contribution in [2.45, 2.75) is 25.6 Å². The number of hydrogen-bond donors (Lipinski definition) is 0. The Hall–Kier alpha value is -1.43. The van der Waals surface area contributed by atoms with Gasteiger partial charge in [-0.25, -0.2) is 0 Å². The molecule has 132 valence electrons. The maximum atomic E-state index is 12.7. The highest BCUT2D eigenvalue weighted by Gasteiger charge is 2.53. The van der Waals surface area contributed by atoms with Crippen molar-refractivity contribution in [1.29, 1.82) is 0 Å². The lowest BCUT2D eigenvalue weighted by atomic mass is 9.75. The van der Waals surface area contributed by atoms with Crippen LogP contribution in [0.4, 0.5) is 0 Å². The van der Waals surface area contributed by atoms with Gasteiger partial charge >= 0.3 is 0 Å². The second-order valence-electron chi connectivity index (χ2n) is 7.07. The zero-order valence-electron chi connectivity index (χ0n) is 14.7. The van der Waals surface area contributed by atoms with Gasteiger partial charge in [-0.3, -0.25) is 9.69 Å². The van der Waals surface area contributed by atoms with Gasteiger partial charge in [0.1, 0.15) is 0 Å². The molecule has 0 radical (unpaired) electrons. The Kier molecular flexibility index (Phi) is 5.54. The third-order valence-corrected chi connectivity index (χ3v) is 5.19. The largest absolute Gasteiger partial charge is 0.377 e. The van der Waals surface area contributed by atoms with Gasteiger partial charge in [-0.05, 0) is 18.4 Å². The fraction of sp³-hybridized carbons (Fsp3) is 0.632. The molecule has 2 fully saturated rings. The first-order valence-electron chi connectivity index (χ1n) is 8.79. The van der Waals surface area contributed by atoms with Gasteiger partial charge in [0.2, 0.25) is 5.91 Å². The minimum absolute atomic E-state index is 0.0777. The van der Waals surface area contributed by atoms with E-state index in [2.05, 4.69) is 17.0 Å². The van der Waals surface area contributed by atoms with Crippen LogP contribution in [0.1, 0.15) is 18.4 Å². The molecule has 1 amide bonds. The van der Waals surface area contributed by atoms with Crippen LogP contribution in [0.5, 0.6) is 0 Å². The van der Waals surface area contributed by atoms with Crippen molar-refractivity contribution < 1.29 is 14.3 Å². The van der Waals surface area contributed by atoms with Gasteiger partial charge in [-0.15, -0.1) is 0 Å². The van der Waals surface area contributed by atoms with Crippen molar-refractivity contribution in [1.82, 2.24) is 9.80 Å². The number of carbonyl (C=O) groups excluding carboxylic acids is 1. The highest BCUT2D eigenvalue weighted by molar-refractivity contribution is 5.83. The predicted octanol–water partition coefficient (Wildman–Crippen LogP) is 1.77. The van der Waals surface area contributed by atoms with Crippen molar-refractivity contribution in [3.63, 3.8) is 0 Å². The molecule has 0 aliphatic carbocycles. The van der Waals surface area contributed by atoms with Crippen LogP contribution in [0, 0.1) is 5.41 Å². The molecule has 0 aromatic heterocycles. The first kappa shape index (κ1) is 17.4. The van der Waals surface area contributed by atoms with E-state index in [1.807, 2.05) is 32.3 Å². The van der Waals surface area contributed by atoms with Gasteiger partial charge in [0, 0.05) is 40.3 Å². The number of rotatable bonds is 6. The van der Waals surface area contributed by atoms with Gasteiger partial charge in [0.25, 0.3) is 0 Å². The van der Waals surface area contributed by atoms with Crippen molar-refractivity contribution in [3.8, 4) is 0 Å². The van der Waals surface area contributed by atoms with Gasteiger partial charge in [-0.2, -0.15) is 0 Å². The Morgan fingerprint density at radius 3 is 2.92 bits per heavy atom. The molecular weight excluding hydrogens is 304 g/mol. The molecule has 0 N–H and O–H groups in total. The molecule has 5 heteroatoms. The number of ether oxygens (including phenoxy) is 2. The number of hydrogen-bond acceptors (Lipinski definition) is 4. The predicted molar refractivity (Wildman–Crippen MR) is 92.6 cm³/mol. The molecule has 2 aliphatic rings. The molecule has 0 unspecified atom stereocenters. The summed E-state index contributed by atoms with van der Waals surface area (Å²) in [5.41, 5.74) is 0.834. The second-order valence-corrected chi connectivity index (χ2v) is 7.07. The van der Waals surface area contributed by atoms with Crippen LogP contribution < -0.4 is 0 Å². The molecule has 3 rings (SSSR count). The van der Waals surface area contributed by atoms with E-state index in [0.29, 0.717) is 19.8 Å². The van der Waals surface area contributed by atoms with E-state index in [1.165, 1.54) is 5.56 Å². The van der Waals surface area contributed by atoms with E-state index < -0.39 is 0 Å². The van der Waals surface area contributed by atoms with E-state index >= 15 is 0 Å².